The van der Waals surface area contributed by atoms with E-state index in [4.69, 9.17) is 9.26 Å². The first-order valence-electron chi connectivity index (χ1n) is 11.0. The fraction of sp³-hybridized carbons (Fsp3) is 0.154. The number of halogens is 2. The van der Waals surface area contributed by atoms with Crippen molar-refractivity contribution < 1.29 is 27.9 Å². The van der Waals surface area contributed by atoms with Crippen molar-refractivity contribution in [3.8, 4) is 33.7 Å². The van der Waals surface area contributed by atoms with E-state index < -0.39 is 17.6 Å². The normalized spacial score (nSPS) is 11.2. The van der Waals surface area contributed by atoms with Crippen LogP contribution in [0.5, 0.6) is 5.75 Å². The number of nitrogens with zero attached hydrogens (tertiary/aromatic N) is 4. The quantitative estimate of drug-likeness (QED) is 0.324. The Kier molecular flexibility index (Phi) is 5.71. The Bertz CT molecular complexity index is 1620. The molecule has 1 N–H and O–H groups in total. The highest BCUT2D eigenvalue weighted by molar-refractivity contribution is 5.99. The molecule has 4 heterocycles. The van der Waals surface area contributed by atoms with Crippen molar-refractivity contribution in [1.82, 2.24) is 19.7 Å². The second-order valence-corrected chi connectivity index (χ2v) is 8.11. The minimum Gasteiger partial charge on any atom is -0.493 e. The molecular weight excluding hydrogens is 470 g/mol. The predicted molar refractivity (Wildman–Crippen MR) is 127 cm³/mol. The maximum Gasteiger partial charge on any atom is 0.354 e. The summed E-state index contributed by atoms with van der Waals surface area (Å²) in [6.45, 7) is 5.67. The summed E-state index contributed by atoms with van der Waals surface area (Å²) in [6, 6.07) is 6.50. The molecule has 0 saturated carbocycles. The van der Waals surface area contributed by atoms with Gasteiger partial charge < -0.3 is 14.4 Å². The summed E-state index contributed by atoms with van der Waals surface area (Å²) in [7, 11) is 0. The van der Waals surface area contributed by atoms with Crippen LogP contribution in [0.15, 0.2) is 53.4 Å². The van der Waals surface area contributed by atoms with Gasteiger partial charge >= 0.3 is 5.97 Å². The predicted octanol–water partition coefficient (Wildman–Crippen LogP) is 5.73. The Hall–Kier alpha value is -4.60. The minimum absolute atomic E-state index is 0.0957. The summed E-state index contributed by atoms with van der Waals surface area (Å²) in [5, 5.41) is 14.0. The number of aryl methyl sites for hydroxylation is 2. The van der Waals surface area contributed by atoms with Crippen LogP contribution in [0.4, 0.5) is 8.78 Å². The van der Waals surface area contributed by atoms with Gasteiger partial charge in [0.1, 0.15) is 28.8 Å². The standard InChI is InChI=1S/C26H20F2N4O4/c1-4-35-23-9-21(26(33)34)29-11-18(23)19-12-32(22-6-5-16(27)8-20(22)28)25-17(19)7-15(10-30-25)24-13(2)31-36-14(24)3/h5-12H,4H2,1-3H3,(H,33,34). The van der Waals surface area contributed by atoms with Gasteiger partial charge in [-0.05, 0) is 39.0 Å². The summed E-state index contributed by atoms with van der Waals surface area (Å²) in [5.74, 6) is -1.75. The van der Waals surface area contributed by atoms with Crippen LogP contribution in [-0.2, 0) is 0 Å². The molecule has 0 spiro atoms. The van der Waals surface area contributed by atoms with Crippen molar-refractivity contribution in [1.29, 1.82) is 0 Å². The maximum atomic E-state index is 14.8. The topological polar surface area (TPSA) is 103 Å². The molecule has 36 heavy (non-hydrogen) atoms. The van der Waals surface area contributed by atoms with Crippen molar-refractivity contribution in [3.05, 3.63) is 77.7 Å². The van der Waals surface area contributed by atoms with Gasteiger partial charge in [-0.2, -0.15) is 0 Å². The third kappa shape index (κ3) is 3.86. The third-order valence-corrected chi connectivity index (χ3v) is 5.81. The number of carboxylic acids is 1. The van der Waals surface area contributed by atoms with Gasteiger partial charge in [0.15, 0.2) is 5.69 Å². The number of aromatic nitrogens is 4. The molecule has 0 fully saturated rings. The molecule has 5 aromatic rings. The van der Waals surface area contributed by atoms with Crippen molar-refractivity contribution in [2.24, 2.45) is 0 Å². The molecule has 10 heteroatoms. The van der Waals surface area contributed by atoms with Gasteiger partial charge in [-0.25, -0.2) is 23.5 Å². The van der Waals surface area contributed by atoms with Crippen LogP contribution in [0.3, 0.4) is 0 Å². The first-order valence-corrected chi connectivity index (χ1v) is 11.0. The van der Waals surface area contributed by atoms with E-state index in [1.165, 1.54) is 22.9 Å². The van der Waals surface area contributed by atoms with E-state index in [1.54, 1.807) is 26.2 Å². The van der Waals surface area contributed by atoms with Gasteiger partial charge in [0, 0.05) is 58.4 Å². The van der Waals surface area contributed by atoms with E-state index in [0.717, 1.165) is 23.3 Å². The second kappa shape index (κ2) is 8.88. The lowest BCUT2D eigenvalue weighted by Gasteiger charge is -2.10. The molecule has 8 nitrogen and oxygen atoms in total. The van der Waals surface area contributed by atoms with E-state index in [-0.39, 0.29) is 18.0 Å². The fourth-order valence-corrected chi connectivity index (χ4v) is 4.25. The lowest BCUT2D eigenvalue weighted by molar-refractivity contribution is 0.0690. The molecule has 0 aliphatic carbocycles. The lowest BCUT2D eigenvalue weighted by atomic mass is 10.0. The highest BCUT2D eigenvalue weighted by atomic mass is 19.1. The monoisotopic (exact) mass is 490 g/mol. The SMILES string of the molecule is CCOc1cc(C(=O)O)ncc1-c1cn(-c2ccc(F)cc2F)c2ncc(-c3c(C)noc3C)cc12. The van der Waals surface area contributed by atoms with Crippen molar-refractivity contribution in [2.45, 2.75) is 20.8 Å². The van der Waals surface area contributed by atoms with Crippen LogP contribution in [0.25, 0.3) is 39.0 Å². The van der Waals surface area contributed by atoms with E-state index in [1.807, 2.05) is 13.0 Å². The fourth-order valence-electron chi connectivity index (χ4n) is 4.25. The Balaban J connectivity index is 1.82. The van der Waals surface area contributed by atoms with E-state index in [9.17, 15) is 18.7 Å². The summed E-state index contributed by atoms with van der Waals surface area (Å²) in [4.78, 5) is 20.2. The molecule has 182 valence electrons. The summed E-state index contributed by atoms with van der Waals surface area (Å²) < 4.78 is 41.0. The molecule has 0 atom stereocenters. The first kappa shape index (κ1) is 23.2. The second-order valence-electron chi connectivity index (χ2n) is 8.11. The number of hydrogen-bond donors (Lipinski definition) is 1. The number of hydrogen-bond acceptors (Lipinski definition) is 6. The molecule has 4 aromatic heterocycles. The first-order chi connectivity index (χ1) is 17.3. The molecule has 0 amide bonds. The van der Waals surface area contributed by atoms with Crippen LogP contribution in [-0.4, -0.2) is 37.4 Å². The average molecular weight is 490 g/mol. The molecule has 1 aromatic carbocycles. The highest BCUT2D eigenvalue weighted by Gasteiger charge is 2.22. The van der Waals surface area contributed by atoms with Gasteiger partial charge in [-0.15, -0.1) is 0 Å². The largest absolute Gasteiger partial charge is 0.493 e. The van der Waals surface area contributed by atoms with Gasteiger partial charge in [-0.1, -0.05) is 5.16 Å². The van der Waals surface area contributed by atoms with Gasteiger partial charge in [-0.3, -0.25) is 4.57 Å². The number of benzene rings is 1. The van der Waals surface area contributed by atoms with Crippen molar-refractivity contribution in [3.63, 3.8) is 0 Å². The minimum atomic E-state index is -1.19. The maximum absolute atomic E-state index is 14.8. The molecule has 0 aliphatic rings. The Morgan fingerprint density at radius 3 is 2.58 bits per heavy atom. The molecule has 5 rings (SSSR count). The van der Waals surface area contributed by atoms with Crippen molar-refractivity contribution in [2.75, 3.05) is 6.61 Å². The number of fused-ring (bicyclic) bond motifs is 1. The van der Waals surface area contributed by atoms with Gasteiger partial charge in [0.2, 0.25) is 0 Å². The number of ether oxygens (including phenoxy) is 1. The molecule has 0 bridgehead atoms. The number of aromatic carboxylic acids is 1. The number of carboxylic acid groups (broad SMARTS) is 1. The van der Waals surface area contributed by atoms with Crippen LogP contribution in [0.2, 0.25) is 0 Å². The average Bonchev–Trinajstić information content (AvgIpc) is 3.38. The van der Waals surface area contributed by atoms with Crippen LogP contribution < -0.4 is 4.74 Å². The van der Waals surface area contributed by atoms with Gasteiger partial charge in [0.05, 0.1) is 18.0 Å². The smallest absolute Gasteiger partial charge is 0.354 e. The molecular formula is C26H20F2N4O4. The molecule has 0 aliphatic heterocycles. The summed E-state index contributed by atoms with van der Waals surface area (Å²) in [5.41, 5.74) is 3.57. The van der Waals surface area contributed by atoms with Crippen LogP contribution in [0, 0.1) is 25.5 Å². The number of rotatable bonds is 6. The van der Waals surface area contributed by atoms with Crippen LogP contribution in [0.1, 0.15) is 28.9 Å². The molecule has 0 radical (unpaired) electrons. The zero-order valence-electron chi connectivity index (χ0n) is 19.5. The summed E-state index contributed by atoms with van der Waals surface area (Å²) in [6.07, 6.45) is 4.67. The van der Waals surface area contributed by atoms with Gasteiger partial charge in [0.25, 0.3) is 0 Å². The third-order valence-electron chi connectivity index (χ3n) is 5.81. The lowest BCUT2D eigenvalue weighted by Crippen LogP contribution is -2.03. The van der Waals surface area contributed by atoms with Crippen LogP contribution >= 0.6 is 0 Å². The Labute approximate surface area is 203 Å². The Morgan fingerprint density at radius 2 is 1.92 bits per heavy atom. The number of carbonyl (C=O) groups is 1. The van der Waals surface area contributed by atoms with E-state index in [0.29, 0.717) is 39.4 Å². The molecule has 0 saturated heterocycles. The summed E-state index contributed by atoms with van der Waals surface area (Å²) >= 11 is 0. The van der Waals surface area contributed by atoms with Crippen molar-refractivity contribution >= 4 is 17.0 Å². The Morgan fingerprint density at radius 1 is 1.11 bits per heavy atom. The van der Waals surface area contributed by atoms with E-state index >= 15 is 0 Å². The molecule has 0 unspecified atom stereocenters. The zero-order chi connectivity index (χ0) is 25.6. The number of pyridine rings is 2. The zero-order valence-corrected chi connectivity index (χ0v) is 19.5. The van der Waals surface area contributed by atoms with E-state index in [2.05, 4.69) is 15.1 Å². The highest BCUT2D eigenvalue weighted by Crippen LogP contribution is 2.39.